The van der Waals surface area contributed by atoms with Crippen molar-refractivity contribution in [3.05, 3.63) is 71.4 Å². The summed E-state index contributed by atoms with van der Waals surface area (Å²) >= 11 is 1.51. The number of rotatable bonds is 5. The van der Waals surface area contributed by atoms with E-state index in [0.717, 1.165) is 42.4 Å². The summed E-state index contributed by atoms with van der Waals surface area (Å²) in [6.45, 7) is 3.87. The predicted octanol–water partition coefficient (Wildman–Crippen LogP) is 2.00. The average Bonchev–Trinajstić information content (AvgIpc) is 3.39. The summed E-state index contributed by atoms with van der Waals surface area (Å²) in [5.74, 6) is 1.01. The van der Waals surface area contributed by atoms with Crippen molar-refractivity contribution in [2.45, 2.75) is 6.04 Å². The molecule has 1 aliphatic heterocycles. The van der Waals surface area contributed by atoms with Crippen LogP contribution >= 0.6 is 11.3 Å². The molecule has 0 aliphatic carbocycles. The van der Waals surface area contributed by atoms with Gasteiger partial charge in [0, 0.05) is 11.3 Å². The highest BCUT2D eigenvalue weighted by Crippen LogP contribution is 2.35. The van der Waals surface area contributed by atoms with Gasteiger partial charge in [0.25, 0.3) is 0 Å². The van der Waals surface area contributed by atoms with Crippen molar-refractivity contribution in [3.63, 3.8) is 0 Å². The molecule has 0 spiro atoms. The van der Waals surface area contributed by atoms with E-state index >= 15 is 0 Å². The van der Waals surface area contributed by atoms with Crippen molar-refractivity contribution in [1.29, 1.82) is 0 Å². The highest BCUT2D eigenvalue weighted by Gasteiger charge is 2.34. The van der Waals surface area contributed by atoms with E-state index in [2.05, 4.69) is 57.4 Å². The molecule has 1 atom stereocenters. The van der Waals surface area contributed by atoms with Crippen LogP contribution in [0, 0.1) is 0 Å². The molecule has 2 aromatic heterocycles. The van der Waals surface area contributed by atoms with Gasteiger partial charge in [0.2, 0.25) is 10.8 Å². The third kappa shape index (κ3) is 3.38. The highest BCUT2D eigenvalue weighted by molar-refractivity contribution is 7.17. The molecule has 4 aromatic rings. The highest BCUT2D eigenvalue weighted by atomic mass is 32.1. The van der Waals surface area contributed by atoms with E-state index in [1.165, 1.54) is 32.8 Å². The first-order valence-electron chi connectivity index (χ1n) is 10.0. The maximum absolute atomic E-state index is 10.9. The fourth-order valence-electron chi connectivity index (χ4n) is 4.23. The number of hydrogen-bond donors (Lipinski definition) is 2. The molecule has 0 amide bonds. The molecule has 154 valence electrons. The SMILES string of the molecule is COc1ccc([C@@H](c2sc3ncnn3c2O)[NH+]2CCN(c3ccccc3)CC2)cc1. The van der Waals surface area contributed by atoms with Gasteiger partial charge in [-0.15, -0.1) is 0 Å². The summed E-state index contributed by atoms with van der Waals surface area (Å²) in [6.07, 6.45) is 1.48. The van der Waals surface area contributed by atoms with Crippen molar-refractivity contribution in [2.24, 2.45) is 0 Å². The van der Waals surface area contributed by atoms with Crippen molar-refractivity contribution < 1.29 is 14.7 Å². The molecular weight excluding hydrogens is 398 g/mol. The molecule has 3 heterocycles. The number of aromatic nitrogens is 3. The van der Waals surface area contributed by atoms with Crippen LogP contribution in [-0.2, 0) is 0 Å². The lowest BCUT2D eigenvalue weighted by Crippen LogP contribution is -3.15. The number of aromatic hydroxyl groups is 1. The van der Waals surface area contributed by atoms with Crippen LogP contribution in [0.3, 0.4) is 0 Å². The summed E-state index contributed by atoms with van der Waals surface area (Å²) in [6, 6.07) is 18.7. The van der Waals surface area contributed by atoms with Crippen molar-refractivity contribution >= 4 is 22.0 Å². The predicted molar refractivity (Wildman–Crippen MR) is 117 cm³/mol. The maximum Gasteiger partial charge on any atom is 0.235 e. The molecule has 0 unspecified atom stereocenters. The van der Waals surface area contributed by atoms with Gasteiger partial charge in [-0.2, -0.15) is 9.61 Å². The van der Waals surface area contributed by atoms with Gasteiger partial charge >= 0.3 is 0 Å². The summed E-state index contributed by atoms with van der Waals surface area (Å²) in [4.78, 5) is 9.74. The number of fused-ring (bicyclic) bond motifs is 1. The number of ether oxygens (including phenoxy) is 1. The second-order valence-corrected chi connectivity index (χ2v) is 8.44. The Hall–Kier alpha value is -3.10. The monoisotopic (exact) mass is 422 g/mol. The molecule has 1 aliphatic rings. The maximum atomic E-state index is 10.9. The first-order valence-corrected chi connectivity index (χ1v) is 10.9. The van der Waals surface area contributed by atoms with E-state index in [1.807, 2.05) is 12.1 Å². The second kappa shape index (κ2) is 7.97. The van der Waals surface area contributed by atoms with Gasteiger partial charge in [-0.3, -0.25) is 0 Å². The number of nitrogens with zero attached hydrogens (tertiary/aromatic N) is 4. The van der Waals surface area contributed by atoms with Crippen LogP contribution in [0.1, 0.15) is 16.5 Å². The topological polar surface area (TPSA) is 67.3 Å². The molecule has 0 radical (unpaired) electrons. The smallest absolute Gasteiger partial charge is 0.235 e. The number of thiazole rings is 1. The Morgan fingerprint density at radius 3 is 2.47 bits per heavy atom. The lowest BCUT2D eigenvalue weighted by Gasteiger charge is -2.37. The minimum Gasteiger partial charge on any atom is -0.497 e. The minimum atomic E-state index is 0.0160. The summed E-state index contributed by atoms with van der Waals surface area (Å²) in [5.41, 5.74) is 2.41. The fourth-order valence-corrected chi connectivity index (χ4v) is 5.35. The molecule has 0 saturated carbocycles. The number of methoxy groups -OCH3 is 1. The molecule has 0 bridgehead atoms. The van der Waals surface area contributed by atoms with Crippen LogP contribution in [0.25, 0.3) is 4.96 Å². The first-order chi connectivity index (χ1) is 14.7. The van der Waals surface area contributed by atoms with E-state index in [-0.39, 0.29) is 11.9 Å². The van der Waals surface area contributed by atoms with E-state index in [0.29, 0.717) is 4.96 Å². The molecule has 2 aromatic carbocycles. The van der Waals surface area contributed by atoms with Crippen LogP contribution in [0.5, 0.6) is 11.6 Å². The van der Waals surface area contributed by atoms with Crippen LogP contribution < -0.4 is 14.5 Å². The number of piperazine rings is 1. The second-order valence-electron chi connectivity index (χ2n) is 7.43. The van der Waals surface area contributed by atoms with Crippen LogP contribution in [-0.4, -0.2) is 53.0 Å². The fraction of sp³-hybridized carbons (Fsp3) is 0.273. The Morgan fingerprint density at radius 2 is 1.80 bits per heavy atom. The van der Waals surface area contributed by atoms with Crippen molar-refractivity contribution in [2.75, 3.05) is 38.2 Å². The number of anilines is 1. The van der Waals surface area contributed by atoms with Gasteiger partial charge in [-0.25, -0.2) is 4.98 Å². The first kappa shape index (κ1) is 18.9. The number of nitrogens with one attached hydrogen (secondary N) is 1. The van der Waals surface area contributed by atoms with Crippen LogP contribution in [0.4, 0.5) is 5.69 Å². The van der Waals surface area contributed by atoms with Gasteiger partial charge in [-0.1, -0.05) is 29.5 Å². The third-order valence-electron chi connectivity index (χ3n) is 5.79. The third-order valence-corrected chi connectivity index (χ3v) is 6.88. The van der Waals surface area contributed by atoms with E-state index in [4.69, 9.17) is 4.74 Å². The Bertz CT molecular complexity index is 1120. The molecule has 5 rings (SSSR count). The lowest BCUT2D eigenvalue weighted by atomic mass is 10.0. The van der Waals surface area contributed by atoms with Crippen LogP contribution in [0.2, 0.25) is 0 Å². The molecule has 8 heteroatoms. The van der Waals surface area contributed by atoms with E-state index in [1.54, 1.807) is 7.11 Å². The van der Waals surface area contributed by atoms with E-state index < -0.39 is 0 Å². The molecular formula is C22H24N5O2S+. The molecule has 1 fully saturated rings. The van der Waals surface area contributed by atoms with Gasteiger partial charge in [0.15, 0.2) is 6.04 Å². The van der Waals surface area contributed by atoms with Crippen LogP contribution in [0.15, 0.2) is 60.9 Å². The minimum absolute atomic E-state index is 0.0160. The molecule has 7 nitrogen and oxygen atoms in total. The average molecular weight is 423 g/mol. The van der Waals surface area contributed by atoms with E-state index in [9.17, 15) is 5.11 Å². The Balaban J connectivity index is 1.47. The van der Waals surface area contributed by atoms with Crippen molar-refractivity contribution in [1.82, 2.24) is 14.6 Å². The van der Waals surface area contributed by atoms with Gasteiger partial charge in [0.1, 0.15) is 17.0 Å². The summed E-state index contributed by atoms with van der Waals surface area (Å²) in [7, 11) is 1.67. The molecule has 2 N–H and O–H groups in total. The number of benzene rings is 2. The quantitative estimate of drug-likeness (QED) is 0.515. The lowest BCUT2D eigenvalue weighted by molar-refractivity contribution is -0.925. The van der Waals surface area contributed by atoms with Crippen molar-refractivity contribution in [3.8, 4) is 11.6 Å². The largest absolute Gasteiger partial charge is 0.497 e. The zero-order valence-corrected chi connectivity index (χ0v) is 17.5. The number of para-hydroxylation sites is 1. The Labute approximate surface area is 178 Å². The molecule has 1 saturated heterocycles. The Kier molecular flexibility index (Phi) is 5.02. The van der Waals surface area contributed by atoms with Gasteiger partial charge in [-0.05, 0) is 36.4 Å². The zero-order valence-electron chi connectivity index (χ0n) is 16.7. The Morgan fingerprint density at radius 1 is 1.07 bits per heavy atom. The van der Waals surface area contributed by atoms with Gasteiger partial charge in [0.05, 0.1) is 33.3 Å². The number of quaternary nitrogens is 1. The summed E-state index contributed by atoms with van der Waals surface area (Å²) < 4.78 is 6.86. The summed E-state index contributed by atoms with van der Waals surface area (Å²) in [5, 5.41) is 15.1. The number of hydrogen-bond acceptors (Lipinski definition) is 6. The zero-order chi connectivity index (χ0) is 20.5. The van der Waals surface area contributed by atoms with Gasteiger partial charge < -0.3 is 19.6 Å². The normalized spacial score (nSPS) is 16.1. The molecule has 30 heavy (non-hydrogen) atoms. The standard InChI is InChI=1S/C22H23N5O2S/c1-29-18-9-7-16(8-10-18)19(20-21(28)27-22(30-20)23-15-24-27)26-13-11-25(12-14-26)17-5-3-2-4-6-17/h2-10,15,19,28H,11-14H2,1H3/p+1/t19-/m0/s1.